The molecule has 0 aliphatic carbocycles. The molecule has 0 saturated carbocycles. The molecule has 0 atom stereocenters. The second-order valence-electron chi connectivity index (χ2n) is 14.6. The zero-order valence-electron chi connectivity index (χ0n) is 28.0. The minimum atomic E-state index is -0.0709. The first-order valence-electron chi connectivity index (χ1n) is 17.3. The van der Waals surface area contributed by atoms with Crippen molar-refractivity contribution in [3.63, 3.8) is 0 Å². The molecule has 9 aromatic rings. The fraction of sp³-hybridized carbons (Fsp3) is 0.0870. The predicted octanol–water partition coefficient (Wildman–Crippen LogP) is 10.5. The Labute approximate surface area is 287 Å². The van der Waals surface area contributed by atoms with E-state index in [2.05, 4.69) is 188 Å². The summed E-state index contributed by atoms with van der Waals surface area (Å²) < 4.78 is 5.22. The topological polar surface area (TPSA) is 9.86 Å². The van der Waals surface area contributed by atoms with E-state index in [4.69, 9.17) is 0 Å². The normalized spacial score (nSPS) is 12.8. The molecule has 0 amide bonds. The molecule has 7 aromatic carbocycles. The van der Waals surface area contributed by atoms with Crippen molar-refractivity contribution in [3.05, 3.63) is 163 Å². The minimum absolute atomic E-state index is 0.0389. The van der Waals surface area contributed by atoms with Crippen LogP contribution in [0, 0.1) is 0 Å². The number of para-hydroxylation sites is 2. The van der Waals surface area contributed by atoms with Crippen molar-refractivity contribution in [1.82, 2.24) is 9.05 Å². The molecule has 0 bridgehead atoms. The van der Waals surface area contributed by atoms with E-state index in [-0.39, 0.29) is 12.3 Å². The Morgan fingerprint density at radius 3 is 1.61 bits per heavy atom. The van der Waals surface area contributed by atoms with Crippen molar-refractivity contribution < 1.29 is 0 Å². The lowest BCUT2D eigenvalue weighted by Gasteiger charge is -2.33. The third-order valence-corrected chi connectivity index (χ3v) is 10.7. The van der Waals surface area contributed by atoms with Gasteiger partial charge in [0.25, 0.3) is 0 Å². The van der Waals surface area contributed by atoms with Crippen LogP contribution in [0.3, 0.4) is 0 Å². The molecule has 0 fully saturated rings. The molecule has 2 aromatic heterocycles. The summed E-state index contributed by atoms with van der Waals surface area (Å²) in [6.45, 7) is 7.05. The minimum Gasteiger partial charge on any atom is -0.376 e. The molecule has 3 heterocycles. The Morgan fingerprint density at radius 2 is 0.980 bits per heavy atom. The summed E-state index contributed by atoms with van der Waals surface area (Å²) >= 11 is 0. The smallest absolute Gasteiger partial charge is 0.332 e. The molecule has 2 nitrogen and oxygen atoms in total. The van der Waals surface area contributed by atoms with Gasteiger partial charge >= 0.3 is 6.85 Å². The summed E-state index contributed by atoms with van der Waals surface area (Å²) in [5.41, 5.74) is 15.3. The van der Waals surface area contributed by atoms with Crippen LogP contribution in [0.2, 0.25) is 0 Å². The highest BCUT2D eigenvalue weighted by atomic mass is 15.0. The number of rotatable bonds is 3. The molecule has 0 radical (unpaired) electrons. The van der Waals surface area contributed by atoms with Crippen LogP contribution >= 0.6 is 0 Å². The van der Waals surface area contributed by atoms with E-state index < -0.39 is 0 Å². The first-order chi connectivity index (χ1) is 24.0. The molecular weight excluding hydrogens is 591 g/mol. The van der Waals surface area contributed by atoms with E-state index >= 15 is 0 Å². The third-order valence-electron chi connectivity index (χ3n) is 10.7. The highest BCUT2D eigenvalue weighted by molar-refractivity contribution is 6.88. The molecular formula is C46H35BN2. The summed E-state index contributed by atoms with van der Waals surface area (Å²) in [6.07, 6.45) is 0. The first kappa shape index (κ1) is 28.2. The Balaban J connectivity index is 1.40. The Bertz CT molecular complexity index is 2650. The molecule has 0 N–H and O–H groups in total. The van der Waals surface area contributed by atoms with E-state index in [1.807, 2.05) is 0 Å². The Hall–Kier alpha value is -5.80. The molecule has 0 saturated heterocycles. The quantitative estimate of drug-likeness (QED) is 0.173. The van der Waals surface area contributed by atoms with Crippen LogP contribution in [0.15, 0.2) is 158 Å². The van der Waals surface area contributed by atoms with Gasteiger partial charge in [-0.1, -0.05) is 154 Å². The van der Waals surface area contributed by atoms with Gasteiger partial charge in [0.05, 0.1) is 11.0 Å². The van der Waals surface area contributed by atoms with Crippen LogP contribution in [0.4, 0.5) is 0 Å². The van der Waals surface area contributed by atoms with E-state index in [0.29, 0.717) is 0 Å². The second-order valence-corrected chi connectivity index (χ2v) is 14.6. The zero-order chi connectivity index (χ0) is 32.9. The monoisotopic (exact) mass is 626 g/mol. The maximum absolute atomic E-state index is 2.67. The molecule has 0 unspecified atom stereocenters. The van der Waals surface area contributed by atoms with E-state index in [9.17, 15) is 0 Å². The van der Waals surface area contributed by atoms with Gasteiger partial charge in [0, 0.05) is 38.3 Å². The van der Waals surface area contributed by atoms with Crippen LogP contribution in [0.1, 0.15) is 26.3 Å². The maximum atomic E-state index is 2.67. The lowest BCUT2D eigenvalue weighted by molar-refractivity contribution is 0.594. The molecule has 10 rings (SSSR count). The Morgan fingerprint density at radius 1 is 0.449 bits per heavy atom. The van der Waals surface area contributed by atoms with Crippen LogP contribution in [-0.4, -0.2) is 15.9 Å². The van der Waals surface area contributed by atoms with Crippen molar-refractivity contribution >= 4 is 61.4 Å². The molecule has 1 aliphatic rings. The SMILES string of the molecule is CC(C)(C)c1ccc2c3ccccc3n3c2c1B(n1c2cc(-c4ccccc4)ccc2c2ccc(-c4ccccc4)cc21)c1ccccc1-3. The van der Waals surface area contributed by atoms with Gasteiger partial charge in [0.1, 0.15) is 0 Å². The van der Waals surface area contributed by atoms with Crippen molar-refractivity contribution in [2.45, 2.75) is 26.2 Å². The van der Waals surface area contributed by atoms with Crippen LogP contribution in [-0.2, 0) is 5.41 Å². The summed E-state index contributed by atoms with van der Waals surface area (Å²) in [5, 5.41) is 5.17. The fourth-order valence-corrected chi connectivity index (χ4v) is 8.56. The Kier molecular flexibility index (Phi) is 5.96. The number of nitrogens with zero attached hydrogens (tertiary/aromatic N) is 2. The standard InChI is InChI=1S/C46H35BN2/c1-46(2,3)38-27-26-37-34-18-10-12-20-40(34)48-41-21-13-11-19-39(41)47(44(38)45(37)48)49-42-28-32(30-14-6-4-7-15-30)22-24-35(42)36-25-23-33(29-43(36)49)31-16-8-5-9-17-31/h4-29H,1-3H3. The van der Waals surface area contributed by atoms with Crippen molar-refractivity contribution in [1.29, 1.82) is 0 Å². The molecule has 232 valence electrons. The average Bonchev–Trinajstić information content (AvgIpc) is 3.65. The number of benzene rings is 7. The highest BCUT2D eigenvalue weighted by Gasteiger charge is 2.39. The van der Waals surface area contributed by atoms with Crippen molar-refractivity contribution in [3.8, 4) is 27.9 Å². The zero-order valence-corrected chi connectivity index (χ0v) is 28.0. The lowest BCUT2D eigenvalue weighted by atomic mass is 9.46. The molecule has 1 aliphatic heterocycles. The van der Waals surface area contributed by atoms with Crippen LogP contribution in [0.5, 0.6) is 0 Å². The fourth-order valence-electron chi connectivity index (χ4n) is 8.56. The van der Waals surface area contributed by atoms with Gasteiger partial charge in [-0.2, -0.15) is 0 Å². The number of aromatic nitrogens is 2. The van der Waals surface area contributed by atoms with Gasteiger partial charge in [-0.15, -0.1) is 0 Å². The van der Waals surface area contributed by atoms with Gasteiger partial charge in [-0.3, -0.25) is 0 Å². The summed E-state index contributed by atoms with van der Waals surface area (Å²) in [6, 6.07) is 58.5. The third kappa shape index (κ3) is 4.09. The van der Waals surface area contributed by atoms with Gasteiger partial charge in [0.15, 0.2) is 0 Å². The average molecular weight is 627 g/mol. The second kappa shape index (κ2) is 10.4. The van der Waals surface area contributed by atoms with Crippen molar-refractivity contribution in [2.24, 2.45) is 0 Å². The number of hydrogen-bond donors (Lipinski definition) is 0. The molecule has 0 spiro atoms. The van der Waals surface area contributed by atoms with Crippen LogP contribution < -0.4 is 10.9 Å². The lowest BCUT2D eigenvalue weighted by Crippen LogP contribution is -2.55. The van der Waals surface area contributed by atoms with Gasteiger partial charge in [0.2, 0.25) is 0 Å². The van der Waals surface area contributed by atoms with E-state index in [1.54, 1.807) is 0 Å². The largest absolute Gasteiger partial charge is 0.376 e. The van der Waals surface area contributed by atoms with E-state index in [1.165, 1.54) is 88.0 Å². The van der Waals surface area contributed by atoms with Crippen molar-refractivity contribution in [2.75, 3.05) is 0 Å². The highest BCUT2D eigenvalue weighted by Crippen LogP contribution is 2.40. The summed E-state index contributed by atoms with van der Waals surface area (Å²) in [7, 11) is 0. The van der Waals surface area contributed by atoms with Gasteiger partial charge in [-0.05, 0) is 68.4 Å². The van der Waals surface area contributed by atoms with Gasteiger partial charge < -0.3 is 9.05 Å². The van der Waals surface area contributed by atoms with E-state index in [0.717, 1.165) is 0 Å². The molecule has 3 heteroatoms. The number of fused-ring (bicyclic) bond motifs is 8. The predicted molar refractivity (Wildman–Crippen MR) is 210 cm³/mol. The first-order valence-corrected chi connectivity index (χ1v) is 17.3. The summed E-state index contributed by atoms with van der Waals surface area (Å²) in [4.78, 5) is 0. The van der Waals surface area contributed by atoms with Crippen LogP contribution in [0.25, 0.3) is 71.6 Å². The molecule has 49 heavy (non-hydrogen) atoms. The number of hydrogen-bond acceptors (Lipinski definition) is 0. The summed E-state index contributed by atoms with van der Waals surface area (Å²) in [5.74, 6) is 0. The van der Waals surface area contributed by atoms with Gasteiger partial charge in [-0.25, -0.2) is 0 Å². The maximum Gasteiger partial charge on any atom is 0.332 e.